The quantitative estimate of drug-likeness (QED) is 0.716. The molecule has 1 atom stereocenters. The molecule has 0 aliphatic carbocycles. The van der Waals surface area contributed by atoms with E-state index >= 15 is 0 Å². The fourth-order valence-electron chi connectivity index (χ4n) is 4.42. The van der Waals surface area contributed by atoms with Crippen LogP contribution in [0.15, 0.2) is 60.9 Å². The first-order chi connectivity index (χ1) is 14.7. The number of aromatic nitrogens is 2. The highest BCUT2D eigenvalue weighted by atomic mass is 16.2. The van der Waals surface area contributed by atoms with Crippen LogP contribution in [0.25, 0.3) is 11.1 Å². The van der Waals surface area contributed by atoms with E-state index in [1.807, 2.05) is 0 Å². The van der Waals surface area contributed by atoms with Crippen molar-refractivity contribution >= 4 is 11.7 Å². The molecule has 30 heavy (non-hydrogen) atoms. The summed E-state index contributed by atoms with van der Waals surface area (Å²) in [5.74, 6) is 0.684. The van der Waals surface area contributed by atoms with Crippen molar-refractivity contribution in [2.75, 3.05) is 18.0 Å². The maximum Gasteiger partial charge on any atom is 0.274 e. The van der Waals surface area contributed by atoms with Crippen molar-refractivity contribution in [3.63, 3.8) is 0 Å². The van der Waals surface area contributed by atoms with Crippen LogP contribution in [0, 0.1) is 0 Å². The Hall–Kier alpha value is -3.25. The van der Waals surface area contributed by atoms with Gasteiger partial charge < -0.3 is 15.5 Å². The molecule has 0 saturated carbocycles. The van der Waals surface area contributed by atoms with Crippen molar-refractivity contribution in [2.24, 2.45) is 5.73 Å². The van der Waals surface area contributed by atoms with Crippen LogP contribution in [0.3, 0.4) is 0 Å². The van der Waals surface area contributed by atoms with E-state index in [0.717, 1.165) is 38.3 Å². The molecular weight excluding hydrogens is 374 g/mol. The van der Waals surface area contributed by atoms with Gasteiger partial charge in [0.15, 0.2) is 0 Å². The summed E-state index contributed by atoms with van der Waals surface area (Å²) in [6, 6.07) is 17.0. The molecule has 1 amide bonds. The van der Waals surface area contributed by atoms with Crippen molar-refractivity contribution < 1.29 is 4.79 Å². The van der Waals surface area contributed by atoms with Crippen molar-refractivity contribution in [3.05, 3.63) is 77.7 Å². The molecule has 1 fully saturated rings. The second-order valence-corrected chi connectivity index (χ2v) is 8.08. The highest BCUT2D eigenvalue weighted by molar-refractivity contribution is 5.92. The predicted molar refractivity (Wildman–Crippen MR) is 117 cm³/mol. The number of amides is 1. The van der Waals surface area contributed by atoms with Gasteiger partial charge in [-0.05, 0) is 35.1 Å². The van der Waals surface area contributed by atoms with Crippen LogP contribution in [0.5, 0.6) is 0 Å². The van der Waals surface area contributed by atoms with E-state index < -0.39 is 0 Å². The Morgan fingerprint density at radius 2 is 1.60 bits per heavy atom. The Bertz CT molecular complexity index is 1020. The molecule has 2 aromatic carbocycles. The van der Waals surface area contributed by atoms with Crippen LogP contribution in [0.1, 0.15) is 34.5 Å². The second kappa shape index (κ2) is 7.88. The Morgan fingerprint density at radius 3 is 2.20 bits per heavy atom. The third-order valence-electron chi connectivity index (χ3n) is 5.97. The second-order valence-electron chi connectivity index (χ2n) is 8.08. The lowest BCUT2D eigenvalue weighted by Gasteiger charge is -2.30. The first-order valence-corrected chi connectivity index (χ1v) is 10.5. The van der Waals surface area contributed by atoms with E-state index in [0.29, 0.717) is 12.2 Å². The average molecular weight is 399 g/mol. The first-order valence-electron chi connectivity index (χ1n) is 10.5. The van der Waals surface area contributed by atoms with Gasteiger partial charge in [-0.1, -0.05) is 48.5 Å². The van der Waals surface area contributed by atoms with Crippen LogP contribution in [0.4, 0.5) is 5.82 Å². The average Bonchev–Trinajstić information content (AvgIpc) is 2.96. The number of piperidine rings is 1. The van der Waals surface area contributed by atoms with Gasteiger partial charge in [0.2, 0.25) is 0 Å². The Morgan fingerprint density at radius 1 is 0.933 bits per heavy atom. The number of rotatable bonds is 2. The monoisotopic (exact) mass is 399 g/mol. The topological polar surface area (TPSA) is 75.3 Å². The van der Waals surface area contributed by atoms with E-state index in [9.17, 15) is 4.79 Å². The summed E-state index contributed by atoms with van der Waals surface area (Å²) in [6.07, 6.45) is 5.21. The molecule has 0 bridgehead atoms. The predicted octanol–water partition coefficient (Wildman–Crippen LogP) is 3.23. The van der Waals surface area contributed by atoms with Gasteiger partial charge in [-0.2, -0.15) is 0 Å². The lowest BCUT2D eigenvalue weighted by molar-refractivity contribution is 0.0702. The summed E-state index contributed by atoms with van der Waals surface area (Å²) in [6.45, 7) is 2.80. The summed E-state index contributed by atoms with van der Waals surface area (Å²) in [5.41, 5.74) is 11.4. The zero-order valence-corrected chi connectivity index (χ0v) is 16.9. The lowest BCUT2D eigenvalue weighted by atomic mass is 9.97. The van der Waals surface area contributed by atoms with Gasteiger partial charge in [0.1, 0.15) is 11.5 Å². The highest BCUT2D eigenvalue weighted by Crippen LogP contribution is 2.33. The van der Waals surface area contributed by atoms with Gasteiger partial charge in [-0.15, -0.1) is 0 Å². The summed E-state index contributed by atoms with van der Waals surface area (Å²) >= 11 is 0. The molecule has 5 rings (SSSR count). The standard InChI is InChI=1S/C24H25N5O/c25-19-8-5-11-28(16-19)24(30)22-12-27-23(13-26-22)29-14-17-6-1-3-9-20(17)21-10-4-2-7-18(21)15-29/h1-4,6-7,9-10,12-13,19H,5,8,11,14-16,25H2. The molecule has 0 radical (unpaired) electrons. The molecule has 6 nitrogen and oxygen atoms in total. The summed E-state index contributed by atoms with van der Waals surface area (Å²) in [4.78, 5) is 25.8. The maximum absolute atomic E-state index is 12.8. The maximum atomic E-state index is 12.8. The molecule has 1 aromatic heterocycles. The molecular formula is C24H25N5O. The minimum absolute atomic E-state index is 0.0483. The number of hydrogen-bond donors (Lipinski definition) is 1. The minimum Gasteiger partial charge on any atom is -0.347 e. The summed E-state index contributed by atoms with van der Waals surface area (Å²) in [5, 5.41) is 0. The zero-order chi connectivity index (χ0) is 20.5. The molecule has 3 aromatic rings. The van der Waals surface area contributed by atoms with E-state index in [1.54, 1.807) is 17.3 Å². The van der Waals surface area contributed by atoms with Gasteiger partial charge in [0, 0.05) is 32.2 Å². The highest BCUT2D eigenvalue weighted by Gasteiger charge is 2.24. The molecule has 6 heteroatoms. The molecule has 0 spiro atoms. The number of likely N-dealkylation sites (tertiary alicyclic amines) is 1. The number of carbonyl (C=O) groups is 1. The number of benzene rings is 2. The van der Waals surface area contributed by atoms with E-state index in [2.05, 4.69) is 63.4 Å². The molecule has 1 unspecified atom stereocenters. The van der Waals surface area contributed by atoms with Gasteiger partial charge in [0.25, 0.3) is 5.91 Å². The van der Waals surface area contributed by atoms with Gasteiger partial charge >= 0.3 is 0 Å². The normalized spacial score (nSPS) is 18.4. The number of fused-ring (bicyclic) bond motifs is 3. The summed E-state index contributed by atoms with van der Waals surface area (Å²) in [7, 11) is 0. The Labute approximate surface area is 176 Å². The smallest absolute Gasteiger partial charge is 0.274 e. The Balaban J connectivity index is 1.42. The number of carbonyl (C=O) groups excluding carboxylic acids is 1. The van der Waals surface area contributed by atoms with Crippen LogP contribution in [0.2, 0.25) is 0 Å². The third-order valence-corrected chi connectivity index (χ3v) is 5.97. The van der Waals surface area contributed by atoms with Crippen LogP contribution in [-0.2, 0) is 13.1 Å². The van der Waals surface area contributed by atoms with Crippen molar-refractivity contribution in [2.45, 2.75) is 32.0 Å². The zero-order valence-electron chi connectivity index (χ0n) is 16.9. The van der Waals surface area contributed by atoms with Crippen molar-refractivity contribution in [1.82, 2.24) is 14.9 Å². The fourth-order valence-corrected chi connectivity index (χ4v) is 4.42. The van der Waals surface area contributed by atoms with Crippen molar-refractivity contribution in [3.8, 4) is 11.1 Å². The van der Waals surface area contributed by atoms with E-state index in [-0.39, 0.29) is 11.9 Å². The lowest BCUT2D eigenvalue weighted by Crippen LogP contribution is -2.46. The number of anilines is 1. The molecule has 2 aliphatic rings. The fraction of sp³-hybridized carbons (Fsp3) is 0.292. The first kappa shape index (κ1) is 18.8. The number of hydrogen-bond acceptors (Lipinski definition) is 5. The Kier molecular flexibility index (Phi) is 4.93. The molecule has 2 N–H and O–H groups in total. The number of nitrogens with two attached hydrogens (primary N) is 1. The van der Waals surface area contributed by atoms with E-state index in [4.69, 9.17) is 5.73 Å². The SMILES string of the molecule is NC1CCCN(C(=O)c2cnc(N3Cc4ccccc4-c4ccccc4C3)cn2)C1. The molecule has 1 saturated heterocycles. The molecule has 3 heterocycles. The van der Waals surface area contributed by atoms with Gasteiger partial charge in [-0.3, -0.25) is 4.79 Å². The van der Waals surface area contributed by atoms with E-state index in [1.165, 1.54) is 22.3 Å². The molecule has 152 valence electrons. The van der Waals surface area contributed by atoms with Gasteiger partial charge in [-0.25, -0.2) is 9.97 Å². The largest absolute Gasteiger partial charge is 0.347 e. The van der Waals surface area contributed by atoms with Crippen molar-refractivity contribution in [1.29, 1.82) is 0 Å². The van der Waals surface area contributed by atoms with Crippen LogP contribution >= 0.6 is 0 Å². The van der Waals surface area contributed by atoms with Crippen LogP contribution < -0.4 is 10.6 Å². The summed E-state index contributed by atoms with van der Waals surface area (Å²) < 4.78 is 0. The minimum atomic E-state index is -0.0873. The molecule has 2 aliphatic heterocycles. The third kappa shape index (κ3) is 3.55. The van der Waals surface area contributed by atoms with Gasteiger partial charge in [0.05, 0.1) is 12.4 Å². The van der Waals surface area contributed by atoms with Crippen LogP contribution in [-0.4, -0.2) is 39.9 Å². The number of nitrogens with zero attached hydrogens (tertiary/aromatic N) is 4.